The van der Waals surface area contributed by atoms with Crippen molar-refractivity contribution in [3.05, 3.63) is 95.8 Å². The number of nitrogens with one attached hydrogen (secondary N) is 1. The summed E-state index contributed by atoms with van der Waals surface area (Å²) in [5.74, 6) is 0.412. The smallest absolute Gasteiger partial charge is 0.232 e. The Morgan fingerprint density at radius 3 is 2.56 bits per heavy atom. The van der Waals surface area contributed by atoms with E-state index in [0.717, 1.165) is 39.4 Å². The molecule has 0 bridgehead atoms. The van der Waals surface area contributed by atoms with E-state index in [4.69, 9.17) is 0 Å². The fourth-order valence-electron chi connectivity index (χ4n) is 3.60. The molecule has 3 heterocycles. The number of hydrogen-bond acceptors (Lipinski definition) is 5. The number of carbonyl (C=O) groups is 1. The van der Waals surface area contributed by atoms with Crippen molar-refractivity contribution < 1.29 is 4.79 Å². The van der Waals surface area contributed by atoms with E-state index in [1.807, 2.05) is 82.7 Å². The molecule has 0 saturated carbocycles. The second kappa shape index (κ2) is 9.11. The van der Waals surface area contributed by atoms with Gasteiger partial charge in [-0.15, -0.1) is 11.3 Å². The van der Waals surface area contributed by atoms with Gasteiger partial charge >= 0.3 is 0 Å². The van der Waals surface area contributed by atoms with Crippen LogP contribution in [0.1, 0.15) is 11.4 Å². The Morgan fingerprint density at radius 2 is 1.72 bits per heavy atom. The van der Waals surface area contributed by atoms with Crippen molar-refractivity contribution in [3.8, 4) is 10.6 Å². The van der Waals surface area contributed by atoms with Crippen LogP contribution in [0.25, 0.3) is 21.6 Å². The number of aromatic nitrogens is 4. The van der Waals surface area contributed by atoms with Gasteiger partial charge in [-0.1, -0.05) is 48.5 Å². The van der Waals surface area contributed by atoms with E-state index in [1.54, 1.807) is 17.5 Å². The summed E-state index contributed by atoms with van der Waals surface area (Å²) in [4.78, 5) is 26.5. The summed E-state index contributed by atoms with van der Waals surface area (Å²) in [7, 11) is 0. The highest BCUT2D eigenvalue weighted by molar-refractivity contribution is 7.13. The average molecular weight is 440 g/mol. The predicted octanol–water partition coefficient (Wildman–Crippen LogP) is 4.98. The van der Waals surface area contributed by atoms with E-state index in [9.17, 15) is 4.79 Å². The van der Waals surface area contributed by atoms with Gasteiger partial charge in [0, 0.05) is 35.8 Å². The molecule has 0 aliphatic heterocycles. The summed E-state index contributed by atoms with van der Waals surface area (Å²) in [5, 5.41) is 5.84. The summed E-state index contributed by atoms with van der Waals surface area (Å²) in [6, 6.07) is 23.8. The van der Waals surface area contributed by atoms with E-state index in [0.29, 0.717) is 12.5 Å². The molecule has 0 aliphatic rings. The lowest BCUT2D eigenvalue weighted by Gasteiger charge is -2.10. The van der Waals surface area contributed by atoms with Crippen LogP contribution in [0, 0.1) is 0 Å². The molecule has 1 amide bonds. The Kier molecular flexibility index (Phi) is 5.72. The first-order valence-corrected chi connectivity index (χ1v) is 11.3. The maximum Gasteiger partial charge on any atom is 0.232 e. The molecule has 0 aliphatic carbocycles. The molecule has 0 atom stereocenters. The molecule has 7 heteroatoms. The van der Waals surface area contributed by atoms with E-state index < -0.39 is 0 Å². The molecule has 0 spiro atoms. The van der Waals surface area contributed by atoms with Crippen LogP contribution in [0.15, 0.2) is 84.4 Å². The normalized spacial score (nSPS) is 11.0. The largest absolute Gasteiger partial charge is 0.310 e. The van der Waals surface area contributed by atoms with Gasteiger partial charge in [0.1, 0.15) is 5.01 Å². The fraction of sp³-hybridized carbons (Fsp3) is 0.120. The molecule has 5 rings (SSSR count). The molecule has 0 radical (unpaired) electrons. The van der Waals surface area contributed by atoms with Crippen LogP contribution in [0.3, 0.4) is 0 Å². The highest BCUT2D eigenvalue weighted by atomic mass is 32.1. The van der Waals surface area contributed by atoms with Crippen molar-refractivity contribution in [1.82, 2.24) is 19.5 Å². The number of aryl methyl sites for hydroxylation is 2. The van der Waals surface area contributed by atoms with Crippen LogP contribution in [-0.4, -0.2) is 25.4 Å². The molecule has 0 fully saturated rings. The Labute approximate surface area is 189 Å². The van der Waals surface area contributed by atoms with E-state index in [2.05, 4.69) is 20.3 Å². The Bertz CT molecular complexity index is 1340. The number of hydrogen-bond donors (Lipinski definition) is 1. The molecule has 1 N–H and O–H groups in total. The third kappa shape index (κ3) is 4.43. The monoisotopic (exact) mass is 439 g/mol. The van der Waals surface area contributed by atoms with Crippen molar-refractivity contribution in [2.24, 2.45) is 0 Å². The van der Waals surface area contributed by atoms with Gasteiger partial charge in [-0.05, 0) is 24.3 Å². The maximum absolute atomic E-state index is 12.8. The Balaban J connectivity index is 1.33. The first-order valence-electron chi connectivity index (χ1n) is 10.4. The van der Waals surface area contributed by atoms with Gasteiger partial charge in [-0.3, -0.25) is 15.1 Å². The van der Waals surface area contributed by atoms with Crippen molar-refractivity contribution in [1.29, 1.82) is 0 Å². The molecule has 158 valence electrons. The Morgan fingerprint density at radius 1 is 0.906 bits per heavy atom. The molecule has 6 nitrogen and oxygen atoms in total. The van der Waals surface area contributed by atoms with E-state index in [-0.39, 0.29) is 12.3 Å². The number of benzene rings is 2. The minimum Gasteiger partial charge on any atom is -0.310 e. The topological polar surface area (TPSA) is 72.7 Å². The summed E-state index contributed by atoms with van der Waals surface area (Å²) in [6.45, 7) is 0.669. The number of anilines is 1. The lowest BCUT2D eigenvalue weighted by Crippen LogP contribution is -2.18. The molecule has 32 heavy (non-hydrogen) atoms. The quantitative estimate of drug-likeness (QED) is 0.388. The minimum atomic E-state index is -0.135. The zero-order valence-electron chi connectivity index (χ0n) is 17.3. The number of imidazole rings is 1. The number of para-hydroxylation sites is 2. The molecule has 3 aromatic heterocycles. The van der Waals surface area contributed by atoms with Gasteiger partial charge in [0.15, 0.2) is 0 Å². The van der Waals surface area contributed by atoms with Gasteiger partial charge in [0.05, 0.1) is 23.1 Å². The standard InChI is InChI=1S/C25H21N5OS/c31-23(16-20-17-32-24(27-20)18-8-2-1-3-9-18)29-25-28-21-11-4-5-12-22(21)30(25)15-13-19-10-6-7-14-26-19/h1-12,14,17H,13,15-16H2,(H,28,29,31). The number of amides is 1. The van der Waals surface area contributed by atoms with Crippen LogP contribution >= 0.6 is 11.3 Å². The molecule has 5 aromatic rings. The van der Waals surface area contributed by atoms with Gasteiger partial charge in [-0.2, -0.15) is 0 Å². The first kappa shape index (κ1) is 20.1. The van der Waals surface area contributed by atoms with Gasteiger partial charge in [0.25, 0.3) is 0 Å². The molecular formula is C25H21N5OS. The second-order valence-corrected chi connectivity index (χ2v) is 8.24. The third-order valence-corrected chi connectivity index (χ3v) is 6.08. The maximum atomic E-state index is 12.8. The predicted molar refractivity (Wildman–Crippen MR) is 128 cm³/mol. The lowest BCUT2D eigenvalue weighted by molar-refractivity contribution is -0.115. The highest BCUT2D eigenvalue weighted by Crippen LogP contribution is 2.24. The minimum absolute atomic E-state index is 0.135. The molecule has 0 saturated heterocycles. The summed E-state index contributed by atoms with van der Waals surface area (Å²) in [6.07, 6.45) is 2.74. The van der Waals surface area contributed by atoms with Crippen LogP contribution < -0.4 is 5.32 Å². The van der Waals surface area contributed by atoms with Crippen molar-refractivity contribution in [3.63, 3.8) is 0 Å². The van der Waals surface area contributed by atoms with Gasteiger partial charge in [0.2, 0.25) is 11.9 Å². The zero-order valence-corrected chi connectivity index (χ0v) is 18.1. The van der Waals surface area contributed by atoms with Crippen LogP contribution in [0.4, 0.5) is 5.95 Å². The van der Waals surface area contributed by atoms with Crippen LogP contribution in [-0.2, 0) is 24.2 Å². The number of carbonyl (C=O) groups excluding carboxylic acids is 1. The molecular weight excluding hydrogens is 418 g/mol. The van der Waals surface area contributed by atoms with Crippen molar-refractivity contribution in [2.45, 2.75) is 19.4 Å². The molecule has 0 unspecified atom stereocenters. The second-order valence-electron chi connectivity index (χ2n) is 7.38. The summed E-state index contributed by atoms with van der Waals surface area (Å²) < 4.78 is 2.04. The SMILES string of the molecule is O=C(Cc1csc(-c2ccccc2)n1)Nc1nc2ccccc2n1CCc1ccccn1. The average Bonchev–Trinajstić information content (AvgIpc) is 3.43. The first-order chi connectivity index (χ1) is 15.8. The Hall–Kier alpha value is -3.84. The summed E-state index contributed by atoms with van der Waals surface area (Å²) >= 11 is 1.54. The third-order valence-electron chi connectivity index (χ3n) is 5.14. The van der Waals surface area contributed by atoms with Crippen molar-refractivity contribution >= 4 is 34.2 Å². The fourth-order valence-corrected chi connectivity index (χ4v) is 4.43. The molecule has 2 aromatic carbocycles. The van der Waals surface area contributed by atoms with E-state index >= 15 is 0 Å². The highest BCUT2D eigenvalue weighted by Gasteiger charge is 2.15. The number of nitrogens with zero attached hydrogens (tertiary/aromatic N) is 4. The number of rotatable bonds is 7. The van der Waals surface area contributed by atoms with Gasteiger partial charge < -0.3 is 4.57 Å². The number of fused-ring (bicyclic) bond motifs is 1. The van der Waals surface area contributed by atoms with Gasteiger partial charge in [-0.25, -0.2) is 9.97 Å². The zero-order chi connectivity index (χ0) is 21.8. The number of thiazole rings is 1. The summed E-state index contributed by atoms with van der Waals surface area (Å²) in [5.41, 5.74) is 4.64. The van der Waals surface area contributed by atoms with Crippen molar-refractivity contribution in [2.75, 3.05) is 5.32 Å². The van der Waals surface area contributed by atoms with Crippen LogP contribution in [0.2, 0.25) is 0 Å². The lowest BCUT2D eigenvalue weighted by atomic mass is 10.2. The van der Waals surface area contributed by atoms with Crippen LogP contribution in [0.5, 0.6) is 0 Å². The number of pyridine rings is 1. The van der Waals surface area contributed by atoms with E-state index in [1.165, 1.54) is 0 Å².